The molecule has 0 bridgehead atoms. The molecule has 150 valence electrons. The number of amides is 1. The Labute approximate surface area is 185 Å². The zero-order valence-corrected chi connectivity index (χ0v) is 17.7. The molecular weight excluding hydrogens is 419 g/mol. The number of nitrogens with one attached hydrogen (secondary N) is 1. The van der Waals surface area contributed by atoms with E-state index < -0.39 is 5.91 Å². The Hall–Kier alpha value is -3.26. The number of aryl methyl sites for hydroxylation is 1. The standard InChI is InChI=1S/C24H18Cl2N2O2/c1-16-4-2-3-5-18(16)15-30-21-9-6-17(7-10-21)12-19(14-27)24(29)28-23-13-20(25)8-11-22(23)26/h2-13H,15H2,1H3,(H,28,29)/b19-12+. The van der Waals surface area contributed by atoms with Gasteiger partial charge in [-0.1, -0.05) is 59.6 Å². The number of hydrogen-bond donors (Lipinski definition) is 1. The molecule has 0 radical (unpaired) electrons. The van der Waals surface area contributed by atoms with Crippen molar-refractivity contribution in [2.75, 3.05) is 5.32 Å². The van der Waals surface area contributed by atoms with Crippen LogP contribution in [0, 0.1) is 18.3 Å². The number of ether oxygens (including phenoxy) is 1. The van der Waals surface area contributed by atoms with Gasteiger partial charge in [0.1, 0.15) is 24.0 Å². The fraction of sp³-hybridized carbons (Fsp3) is 0.0833. The van der Waals surface area contributed by atoms with Crippen LogP contribution in [-0.2, 0) is 11.4 Å². The Bertz CT molecular complexity index is 1130. The summed E-state index contributed by atoms with van der Waals surface area (Å²) in [6.45, 7) is 2.51. The highest BCUT2D eigenvalue weighted by Gasteiger charge is 2.12. The van der Waals surface area contributed by atoms with Crippen LogP contribution in [0.3, 0.4) is 0 Å². The van der Waals surface area contributed by atoms with Crippen LogP contribution in [0.25, 0.3) is 6.08 Å². The van der Waals surface area contributed by atoms with Crippen LogP contribution >= 0.6 is 23.2 Å². The van der Waals surface area contributed by atoms with Crippen molar-refractivity contribution in [1.82, 2.24) is 0 Å². The molecule has 4 nitrogen and oxygen atoms in total. The Morgan fingerprint density at radius 2 is 1.83 bits per heavy atom. The maximum atomic E-state index is 12.4. The second-order valence-corrected chi connectivity index (χ2v) is 7.38. The first-order valence-electron chi connectivity index (χ1n) is 9.12. The van der Waals surface area contributed by atoms with E-state index in [1.165, 1.54) is 17.7 Å². The van der Waals surface area contributed by atoms with Crippen molar-refractivity contribution in [2.45, 2.75) is 13.5 Å². The minimum absolute atomic E-state index is 0.0559. The van der Waals surface area contributed by atoms with E-state index in [1.807, 2.05) is 37.3 Å². The van der Waals surface area contributed by atoms with Crippen molar-refractivity contribution in [1.29, 1.82) is 5.26 Å². The number of halogens is 2. The average Bonchev–Trinajstić information content (AvgIpc) is 2.75. The predicted molar refractivity (Wildman–Crippen MR) is 121 cm³/mol. The van der Waals surface area contributed by atoms with Gasteiger partial charge in [0.05, 0.1) is 10.7 Å². The minimum atomic E-state index is -0.568. The molecule has 6 heteroatoms. The number of rotatable bonds is 6. The van der Waals surface area contributed by atoms with E-state index in [0.29, 0.717) is 33.7 Å². The summed E-state index contributed by atoms with van der Waals surface area (Å²) in [5.41, 5.74) is 3.27. The van der Waals surface area contributed by atoms with E-state index in [0.717, 1.165) is 5.56 Å². The third-order valence-electron chi connectivity index (χ3n) is 4.39. The Morgan fingerprint density at radius 1 is 1.10 bits per heavy atom. The molecule has 1 amide bonds. The van der Waals surface area contributed by atoms with Gasteiger partial charge in [0.2, 0.25) is 0 Å². The van der Waals surface area contributed by atoms with Crippen molar-refractivity contribution < 1.29 is 9.53 Å². The van der Waals surface area contributed by atoms with E-state index in [-0.39, 0.29) is 5.57 Å². The van der Waals surface area contributed by atoms with Crippen LogP contribution < -0.4 is 10.1 Å². The number of hydrogen-bond acceptors (Lipinski definition) is 3. The van der Waals surface area contributed by atoms with Gasteiger partial charge in [-0.2, -0.15) is 5.26 Å². The zero-order valence-electron chi connectivity index (χ0n) is 16.2. The molecule has 3 rings (SSSR count). The molecule has 0 atom stereocenters. The summed E-state index contributed by atoms with van der Waals surface area (Å²) >= 11 is 12.0. The van der Waals surface area contributed by atoms with Crippen LogP contribution in [-0.4, -0.2) is 5.91 Å². The highest BCUT2D eigenvalue weighted by Crippen LogP contribution is 2.26. The van der Waals surface area contributed by atoms with Crippen LogP contribution in [0.2, 0.25) is 10.0 Å². The van der Waals surface area contributed by atoms with Gasteiger partial charge in [0, 0.05) is 5.02 Å². The van der Waals surface area contributed by atoms with Crippen molar-refractivity contribution >= 4 is 40.9 Å². The molecule has 0 aliphatic carbocycles. The van der Waals surface area contributed by atoms with E-state index in [9.17, 15) is 10.1 Å². The lowest BCUT2D eigenvalue weighted by molar-refractivity contribution is -0.112. The largest absolute Gasteiger partial charge is 0.489 e. The predicted octanol–water partition coefficient (Wildman–Crippen LogP) is 6.43. The number of anilines is 1. The molecule has 0 aliphatic heterocycles. The van der Waals surface area contributed by atoms with Gasteiger partial charge in [0.25, 0.3) is 5.91 Å². The SMILES string of the molecule is Cc1ccccc1COc1ccc(/C=C(\C#N)C(=O)Nc2cc(Cl)ccc2Cl)cc1. The van der Waals surface area contributed by atoms with Gasteiger partial charge in [-0.3, -0.25) is 4.79 Å². The molecule has 0 aliphatic rings. The maximum Gasteiger partial charge on any atom is 0.266 e. The average molecular weight is 437 g/mol. The van der Waals surface area contributed by atoms with E-state index in [4.69, 9.17) is 27.9 Å². The summed E-state index contributed by atoms with van der Waals surface area (Å²) in [5, 5.41) is 12.8. The Kier molecular flexibility index (Phi) is 7.13. The fourth-order valence-corrected chi connectivity index (χ4v) is 3.03. The summed E-state index contributed by atoms with van der Waals surface area (Å²) in [6, 6.07) is 21.8. The first-order valence-corrected chi connectivity index (χ1v) is 9.87. The van der Waals surface area contributed by atoms with E-state index in [1.54, 1.807) is 36.4 Å². The number of carbonyl (C=O) groups is 1. The van der Waals surface area contributed by atoms with Crippen molar-refractivity contribution in [3.8, 4) is 11.8 Å². The second-order valence-electron chi connectivity index (χ2n) is 6.53. The first-order chi connectivity index (χ1) is 14.5. The molecule has 1 N–H and O–H groups in total. The molecule has 0 spiro atoms. The van der Waals surface area contributed by atoms with E-state index >= 15 is 0 Å². The highest BCUT2D eigenvalue weighted by molar-refractivity contribution is 6.36. The van der Waals surface area contributed by atoms with Gasteiger partial charge in [0.15, 0.2) is 0 Å². The van der Waals surface area contributed by atoms with E-state index in [2.05, 4.69) is 5.32 Å². The van der Waals surface area contributed by atoms with Crippen molar-refractivity contribution in [2.24, 2.45) is 0 Å². The van der Waals surface area contributed by atoms with Crippen molar-refractivity contribution in [3.05, 3.63) is 99.0 Å². The summed E-state index contributed by atoms with van der Waals surface area (Å²) in [6.07, 6.45) is 1.50. The third kappa shape index (κ3) is 5.64. The van der Waals surface area contributed by atoms with Gasteiger partial charge < -0.3 is 10.1 Å². The fourth-order valence-electron chi connectivity index (χ4n) is 2.69. The highest BCUT2D eigenvalue weighted by atomic mass is 35.5. The molecular formula is C24H18Cl2N2O2. The summed E-state index contributed by atoms with van der Waals surface area (Å²) in [4.78, 5) is 12.4. The second kappa shape index (κ2) is 9.98. The first kappa shape index (κ1) is 21.4. The normalized spacial score (nSPS) is 10.9. The Morgan fingerprint density at radius 3 is 2.53 bits per heavy atom. The molecule has 0 saturated heterocycles. The number of nitrogens with zero attached hydrogens (tertiary/aromatic N) is 1. The molecule has 0 saturated carbocycles. The molecule has 0 aromatic heterocycles. The Balaban J connectivity index is 1.68. The van der Waals surface area contributed by atoms with Gasteiger partial charge in [-0.15, -0.1) is 0 Å². The molecule has 0 heterocycles. The van der Waals surface area contributed by atoms with Crippen LogP contribution in [0.15, 0.2) is 72.3 Å². The molecule has 3 aromatic rings. The number of benzene rings is 3. The minimum Gasteiger partial charge on any atom is -0.489 e. The van der Waals surface area contributed by atoms with Gasteiger partial charge in [-0.25, -0.2) is 0 Å². The van der Waals surface area contributed by atoms with Crippen LogP contribution in [0.1, 0.15) is 16.7 Å². The molecule has 0 unspecified atom stereocenters. The van der Waals surface area contributed by atoms with Crippen molar-refractivity contribution in [3.63, 3.8) is 0 Å². The quantitative estimate of drug-likeness (QED) is 0.357. The summed E-state index contributed by atoms with van der Waals surface area (Å²) in [7, 11) is 0. The van der Waals surface area contributed by atoms with Crippen LogP contribution in [0.4, 0.5) is 5.69 Å². The lowest BCUT2D eigenvalue weighted by Gasteiger charge is -2.09. The number of nitriles is 1. The molecule has 3 aromatic carbocycles. The number of carbonyl (C=O) groups excluding carboxylic acids is 1. The van der Waals surface area contributed by atoms with Crippen LogP contribution in [0.5, 0.6) is 5.75 Å². The lowest BCUT2D eigenvalue weighted by Crippen LogP contribution is -2.13. The third-order valence-corrected chi connectivity index (χ3v) is 4.95. The maximum absolute atomic E-state index is 12.4. The molecule has 30 heavy (non-hydrogen) atoms. The lowest BCUT2D eigenvalue weighted by atomic mass is 10.1. The molecule has 0 fully saturated rings. The summed E-state index contributed by atoms with van der Waals surface area (Å²) in [5.74, 6) is 0.130. The van der Waals surface area contributed by atoms with Gasteiger partial charge in [-0.05, 0) is 60.0 Å². The van der Waals surface area contributed by atoms with Gasteiger partial charge >= 0.3 is 0 Å². The smallest absolute Gasteiger partial charge is 0.266 e. The topological polar surface area (TPSA) is 62.1 Å². The summed E-state index contributed by atoms with van der Waals surface area (Å²) < 4.78 is 5.82. The zero-order chi connectivity index (χ0) is 21.5. The monoisotopic (exact) mass is 436 g/mol.